The first kappa shape index (κ1) is 19.6. The molecule has 1 atom stereocenters. The number of hydrogen-bond donors (Lipinski definition) is 2. The summed E-state index contributed by atoms with van der Waals surface area (Å²) < 4.78 is 1.79. The monoisotopic (exact) mass is 396 g/mol. The smallest absolute Gasteiger partial charge is 0.257 e. The van der Waals surface area contributed by atoms with Gasteiger partial charge < -0.3 is 10.6 Å². The molecule has 0 bridgehead atoms. The highest BCUT2D eigenvalue weighted by atomic mass is 35.5. The Morgan fingerprint density at radius 2 is 1.64 bits per heavy atom. The lowest BCUT2D eigenvalue weighted by Crippen LogP contribution is -2.23. The molecule has 3 rings (SSSR count). The highest BCUT2D eigenvalue weighted by Gasteiger charge is 2.19. The van der Waals surface area contributed by atoms with Gasteiger partial charge >= 0.3 is 0 Å². The fraction of sp³-hybridized carbons (Fsp3) is 0.190. The average Bonchev–Trinajstić information content (AvgIpc) is 2.97. The Labute approximate surface area is 168 Å². The van der Waals surface area contributed by atoms with Crippen LogP contribution in [-0.4, -0.2) is 27.0 Å². The van der Waals surface area contributed by atoms with Crippen LogP contribution in [0.3, 0.4) is 0 Å². The molecule has 0 saturated carbocycles. The Balaban J connectivity index is 1.89. The van der Waals surface area contributed by atoms with Gasteiger partial charge in [0.1, 0.15) is 5.38 Å². The van der Waals surface area contributed by atoms with Crippen LogP contribution < -0.4 is 10.6 Å². The van der Waals surface area contributed by atoms with E-state index >= 15 is 0 Å². The molecule has 1 aromatic heterocycles. The maximum absolute atomic E-state index is 12.9. The van der Waals surface area contributed by atoms with Gasteiger partial charge in [-0.25, -0.2) is 4.68 Å². The van der Waals surface area contributed by atoms with Crippen molar-refractivity contribution < 1.29 is 9.59 Å². The first-order valence-corrected chi connectivity index (χ1v) is 9.29. The molecule has 0 aliphatic heterocycles. The van der Waals surface area contributed by atoms with E-state index in [-0.39, 0.29) is 11.8 Å². The lowest BCUT2D eigenvalue weighted by atomic mass is 10.1. The minimum Gasteiger partial charge on any atom is -0.324 e. The van der Waals surface area contributed by atoms with E-state index in [1.54, 1.807) is 35.9 Å². The Morgan fingerprint density at radius 3 is 2.32 bits per heavy atom. The predicted octanol–water partition coefficient (Wildman–Crippen LogP) is 4.31. The van der Waals surface area contributed by atoms with Crippen molar-refractivity contribution in [3.63, 3.8) is 0 Å². The Bertz CT molecular complexity index is 1010. The summed E-state index contributed by atoms with van der Waals surface area (Å²) in [6.45, 7) is 5.31. The molecule has 0 spiro atoms. The van der Waals surface area contributed by atoms with Gasteiger partial charge in [0.2, 0.25) is 5.91 Å². The minimum absolute atomic E-state index is 0.336. The first-order chi connectivity index (χ1) is 13.4. The number of benzene rings is 2. The van der Waals surface area contributed by atoms with Crippen molar-refractivity contribution in [2.24, 2.45) is 0 Å². The Hall–Kier alpha value is -3.12. The molecule has 2 N–H and O–H groups in total. The lowest BCUT2D eigenvalue weighted by molar-refractivity contribution is -0.115. The molecule has 0 aliphatic carbocycles. The molecular weight excluding hydrogens is 376 g/mol. The van der Waals surface area contributed by atoms with Crippen molar-refractivity contribution >= 4 is 34.8 Å². The molecular formula is C21H21ClN4O2. The number of amides is 2. The quantitative estimate of drug-likeness (QED) is 0.631. The third-order valence-corrected chi connectivity index (χ3v) is 4.52. The van der Waals surface area contributed by atoms with Crippen molar-refractivity contribution in [3.8, 4) is 5.69 Å². The second kappa shape index (κ2) is 8.27. The zero-order valence-corrected chi connectivity index (χ0v) is 16.6. The molecule has 0 fully saturated rings. The standard InChI is InChI=1S/C21H21ClN4O2/c1-13(22)20(27)23-18-12-8-7-11-17(18)21(28)24-19-14(2)25-26(15(19)3)16-9-5-4-6-10-16/h4-13H,1-3H3,(H,23,27)(H,24,28). The van der Waals surface area contributed by atoms with Gasteiger partial charge in [0.05, 0.1) is 34.0 Å². The molecule has 0 aliphatic rings. The number of hydrogen-bond acceptors (Lipinski definition) is 3. The maximum atomic E-state index is 12.9. The number of rotatable bonds is 5. The summed E-state index contributed by atoms with van der Waals surface area (Å²) in [7, 11) is 0. The summed E-state index contributed by atoms with van der Waals surface area (Å²) in [5, 5.41) is 9.44. The van der Waals surface area contributed by atoms with Gasteiger partial charge in [0.15, 0.2) is 0 Å². The van der Waals surface area contributed by atoms with Crippen molar-refractivity contribution in [1.29, 1.82) is 0 Å². The van der Waals surface area contributed by atoms with Crippen LogP contribution in [0.4, 0.5) is 11.4 Å². The molecule has 0 radical (unpaired) electrons. The molecule has 2 aromatic carbocycles. The van der Waals surface area contributed by atoms with Gasteiger partial charge in [-0.05, 0) is 45.0 Å². The first-order valence-electron chi connectivity index (χ1n) is 8.85. The Morgan fingerprint density at radius 1 is 1.00 bits per heavy atom. The van der Waals surface area contributed by atoms with Crippen LogP contribution in [0.5, 0.6) is 0 Å². The maximum Gasteiger partial charge on any atom is 0.257 e. The van der Waals surface area contributed by atoms with Crippen LogP contribution in [0.1, 0.15) is 28.7 Å². The number of nitrogens with zero attached hydrogens (tertiary/aromatic N) is 2. The molecule has 7 heteroatoms. The van der Waals surface area contributed by atoms with E-state index < -0.39 is 5.38 Å². The predicted molar refractivity (Wildman–Crippen MR) is 111 cm³/mol. The zero-order valence-electron chi connectivity index (χ0n) is 15.9. The van der Waals surface area contributed by atoms with E-state index in [0.29, 0.717) is 22.6 Å². The van der Waals surface area contributed by atoms with Crippen molar-refractivity contribution in [2.75, 3.05) is 10.6 Å². The van der Waals surface area contributed by atoms with E-state index in [1.165, 1.54) is 0 Å². The number of nitrogens with one attached hydrogen (secondary N) is 2. The lowest BCUT2D eigenvalue weighted by Gasteiger charge is -2.12. The number of alkyl halides is 1. The van der Waals surface area contributed by atoms with Gasteiger partial charge in [-0.1, -0.05) is 30.3 Å². The van der Waals surface area contributed by atoms with Gasteiger partial charge in [0.25, 0.3) is 5.91 Å². The van der Waals surface area contributed by atoms with E-state index in [2.05, 4.69) is 15.7 Å². The van der Waals surface area contributed by atoms with E-state index in [9.17, 15) is 9.59 Å². The molecule has 6 nitrogen and oxygen atoms in total. The molecule has 144 valence electrons. The summed E-state index contributed by atoms with van der Waals surface area (Å²) in [6, 6.07) is 16.5. The normalized spacial score (nSPS) is 11.7. The Kier molecular flexibility index (Phi) is 5.80. The highest BCUT2D eigenvalue weighted by molar-refractivity contribution is 6.32. The summed E-state index contributed by atoms with van der Waals surface area (Å²) in [5.41, 5.74) is 3.81. The van der Waals surface area contributed by atoms with Crippen LogP contribution in [0.15, 0.2) is 54.6 Å². The third kappa shape index (κ3) is 4.07. The topological polar surface area (TPSA) is 76.0 Å². The van der Waals surface area contributed by atoms with Gasteiger partial charge in [-0.2, -0.15) is 5.10 Å². The van der Waals surface area contributed by atoms with Crippen LogP contribution in [-0.2, 0) is 4.79 Å². The summed E-state index contributed by atoms with van der Waals surface area (Å²) in [4.78, 5) is 24.8. The van der Waals surface area contributed by atoms with Crippen molar-refractivity contribution in [1.82, 2.24) is 9.78 Å². The van der Waals surface area contributed by atoms with E-state index in [4.69, 9.17) is 11.6 Å². The third-order valence-electron chi connectivity index (χ3n) is 4.32. The summed E-state index contributed by atoms with van der Waals surface area (Å²) >= 11 is 5.82. The van der Waals surface area contributed by atoms with Crippen LogP contribution in [0, 0.1) is 13.8 Å². The van der Waals surface area contributed by atoms with E-state index in [1.807, 2.05) is 44.2 Å². The number of anilines is 2. The molecule has 1 unspecified atom stereocenters. The number of carbonyl (C=O) groups is 2. The number of halogens is 1. The highest BCUT2D eigenvalue weighted by Crippen LogP contribution is 2.25. The fourth-order valence-corrected chi connectivity index (χ4v) is 2.90. The number of carbonyl (C=O) groups excluding carboxylic acids is 2. The average molecular weight is 397 g/mol. The van der Waals surface area contributed by atoms with Crippen molar-refractivity contribution in [2.45, 2.75) is 26.1 Å². The fourth-order valence-electron chi connectivity index (χ4n) is 2.85. The molecule has 3 aromatic rings. The van der Waals surface area contributed by atoms with Crippen LogP contribution >= 0.6 is 11.6 Å². The molecule has 2 amide bonds. The SMILES string of the molecule is Cc1nn(-c2ccccc2)c(C)c1NC(=O)c1ccccc1NC(=O)C(C)Cl. The van der Waals surface area contributed by atoms with Gasteiger partial charge in [0, 0.05) is 0 Å². The van der Waals surface area contributed by atoms with Crippen LogP contribution in [0.2, 0.25) is 0 Å². The second-order valence-electron chi connectivity index (χ2n) is 6.40. The van der Waals surface area contributed by atoms with Crippen molar-refractivity contribution in [3.05, 3.63) is 71.5 Å². The van der Waals surface area contributed by atoms with Crippen LogP contribution in [0.25, 0.3) is 5.69 Å². The molecule has 28 heavy (non-hydrogen) atoms. The number of aryl methyl sites for hydroxylation is 1. The van der Waals surface area contributed by atoms with Gasteiger partial charge in [-0.15, -0.1) is 11.6 Å². The number of aromatic nitrogens is 2. The molecule has 1 heterocycles. The minimum atomic E-state index is -0.704. The van der Waals surface area contributed by atoms with E-state index in [0.717, 1.165) is 11.4 Å². The summed E-state index contributed by atoms with van der Waals surface area (Å²) in [5.74, 6) is -0.705. The summed E-state index contributed by atoms with van der Waals surface area (Å²) in [6.07, 6.45) is 0. The largest absolute Gasteiger partial charge is 0.324 e. The molecule has 0 saturated heterocycles. The zero-order chi connectivity index (χ0) is 20.3. The van der Waals surface area contributed by atoms with Gasteiger partial charge in [-0.3, -0.25) is 9.59 Å². The number of para-hydroxylation sites is 2. The second-order valence-corrected chi connectivity index (χ2v) is 7.05.